The van der Waals surface area contributed by atoms with Crippen molar-refractivity contribution in [3.8, 4) is 5.75 Å². The van der Waals surface area contributed by atoms with Crippen molar-refractivity contribution in [3.05, 3.63) is 83.9 Å². The van der Waals surface area contributed by atoms with E-state index in [2.05, 4.69) is 102 Å². The standard InChI is InChI=1S/C28H33N3O/c1-29(2)24-11-7-9-22(19-24)16-18-30-17-8-12-25(30)20-31-26-13-4-3-10-23(26)21-32-28-15-6-5-14-27(28)31/h3-7,9-11,13-15,19,25H,8,12,16-18,20-21H2,1-2H3. The Kier molecular flexibility index (Phi) is 6.04. The van der Waals surface area contributed by atoms with Gasteiger partial charge in [0.2, 0.25) is 0 Å². The molecule has 0 radical (unpaired) electrons. The third-order valence-electron chi connectivity index (χ3n) is 6.83. The van der Waals surface area contributed by atoms with Crippen LogP contribution in [0.5, 0.6) is 5.75 Å². The van der Waals surface area contributed by atoms with Gasteiger partial charge in [-0.1, -0.05) is 42.5 Å². The van der Waals surface area contributed by atoms with Crippen LogP contribution < -0.4 is 14.5 Å². The summed E-state index contributed by atoms with van der Waals surface area (Å²) in [5.74, 6) is 0.980. The predicted octanol–water partition coefficient (Wildman–Crippen LogP) is 5.49. The highest BCUT2D eigenvalue weighted by Gasteiger charge is 2.29. The fourth-order valence-electron chi connectivity index (χ4n) is 5.05. The Morgan fingerprint density at radius 2 is 1.75 bits per heavy atom. The zero-order chi connectivity index (χ0) is 21.9. The van der Waals surface area contributed by atoms with Crippen LogP contribution in [-0.2, 0) is 13.0 Å². The summed E-state index contributed by atoms with van der Waals surface area (Å²) in [4.78, 5) is 7.37. The Morgan fingerprint density at radius 3 is 2.62 bits per heavy atom. The van der Waals surface area contributed by atoms with E-state index in [0.717, 1.165) is 25.3 Å². The first-order valence-electron chi connectivity index (χ1n) is 11.8. The van der Waals surface area contributed by atoms with Gasteiger partial charge in [0.25, 0.3) is 0 Å². The fraction of sp³-hybridized carbons (Fsp3) is 0.357. The van der Waals surface area contributed by atoms with Crippen LogP contribution in [0.15, 0.2) is 72.8 Å². The molecule has 0 amide bonds. The molecule has 0 saturated carbocycles. The maximum atomic E-state index is 6.17. The van der Waals surface area contributed by atoms with Gasteiger partial charge in [0.05, 0.1) is 5.69 Å². The molecule has 1 atom stereocenters. The largest absolute Gasteiger partial charge is 0.487 e. The van der Waals surface area contributed by atoms with Gasteiger partial charge in [-0.15, -0.1) is 0 Å². The van der Waals surface area contributed by atoms with Gasteiger partial charge in [-0.25, -0.2) is 0 Å². The summed E-state index contributed by atoms with van der Waals surface area (Å²) in [7, 11) is 4.21. The minimum atomic E-state index is 0.547. The first-order chi connectivity index (χ1) is 15.7. The lowest BCUT2D eigenvalue weighted by molar-refractivity contribution is 0.261. The van der Waals surface area contributed by atoms with Gasteiger partial charge in [-0.3, -0.25) is 4.90 Å². The molecule has 1 unspecified atom stereocenters. The zero-order valence-corrected chi connectivity index (χ0v) is 19.2. The van der Waals surface area contributed by atoms with Crippen LogP contribution in [0.1, 0.15) is 24.0 Å². The molecule has 0 aromatic heterocycles. The van der Waals surface area contributed by atoms with Crippen LogP contribution in [-0.4, -0.2) is 44.7 Å². The minimum Gasteiger partial charge on any atom is -0.487 e. The smallest absolute Gasteiger partial charge is 0.143 e. The first kappa shape index (κ1) is 20.9. The molecule has 32 heavy (non-hydrogen) atoms. The summed E-state index contributed by atoms with van der Waals surface area (Å²) >= 11 is 0. The van der Waals surface area contributed by atoms with E-state index in [1.165, 1.54) is 47.6 Å². The van der Waals surface area contributed by atoms with E-state index in [0.29, 0.717) is 12.6 Å². The lowest BCUT2D eigenvalue weighted by Gasteiger charge is -2.32. The summed E-state index contributed by atoms with van der Waals surface area (Å²) in [6, 6.07) is 26.7. The summed E-state index contributed by atoms with van der Waals surface area (Å²) in [6.07, 6.45) is 3.62. The monoisotopic (exact) mass is 427 g/mol. The Hall–Kier alpha value is -2.98. The molecule has 0 bridgehead atoms. The van der Waals surface area contributed by atoms with Crippen molar-refractivity contribution in [2.75, 3.05) is 43.5 Å². The average Bonchev–Trinajstić information content (AvgIpc) is 3.21. The Balaban J connectivity index is 1.35. The second-order valence-corrected chi connectivity index (χ2v) is 9.14. The molecule has 1 saturated heterocycles. The predicted molar refractivity (Wildman–Crippen MR) is 133 cm³/mol. The molecule has 2 heterocycles. The molecule has 3 aromatic rings. The third-order valence-corrected chi connectivity index (χ3v) is 6.83. The number of fused-ring (bicyclic) bond motifs is 2. The molecule has 1 fully saturated rings. The lowest BCUT2D eigenvalue weighted by atomic mass is 10.1. The molecular formula is C28H33N3O. The van der Waals surface area contributed by atoms with E-state index in [4.69, 9.17) is 4.74 Å². The average molecular weight is 428 g/mol. The number of anilines is 3. The van der Waals surface area contributed by atoms with Crippen LogP contribution in [0, 0.1) is 0 Å². The van der Waals surface area contributed by atoms with Gasteiger partial charge in [-0.05, 0) is 61.7 Å². The maximum absolute atomic E-state index is 6.17. The topological polar surface area (TPSA) is 19.0 Å². The highest BCUT2D eigenvalue weighted by atomic mass is 16.5. The number of likely N-dealkylation sites (tertiary alicyclic amines) is 1. The molecule has 0 spiro atoms. The van der Waals surface area contributed by atoms with E-state index in [9.17, 15) is 0 Å². The SMILES string of the molecule is CN(C)c1cccc(CCN2CCCC2CN2c3ccccc3COc3ccccc32)c1. The summed E-state index contributed by atoms with van der Waals surface area (Å²) in [6.45, 7) is 3.91. The Bertz CT molecular complexity index is 1020. The lowest BCUT2D eigenvalue weighted by Crippen LogP contribution is -2.39. The van der Waals surface area contributed by atoms with Gasteiger partial charge >= 0.3 is 0 Å². The molecular weight excluding hydrogens is 394 g/mol. The number of hydrogen-bond donors (Lipinski definition) is 0. The molecule has 0 N–H and O–H groups in total. The van der Waals surface area contributed by atoms with Crippen molar-refractivity contribution in [1.29, 1.82) is 0 Å². The number of ether oxygens (including phenoxy) is 1. The van der Waals surface area contributed by atoms with Crippen LogP contribution >= 0.6 is 0 Å². The number of nitrogens with zero attached hydrogens (tertiary/aromatic N) is 3. The first-order valence-corrected chi connectivity index (χ1v) is 11.8. The molecule has 4 heteroatoms. The molecule has 0 aliphatic carbocycles. The quantitative estimate of drug-likeness (QED) is 0.518. The van der Waals surface area contributed by atoms with Gasteiger partial charge in [-0.2, -0.15) is 0 Å². The minimum absolute atomic E-state index is 0.547. The van der Waals surface area contributed by atoms with Crippen molar-refractivity contribution >= 4 is 17.1 Å². The molecule has 166 valence electrons. The molecule has 2 aliphatic heterocycles. The number of hydrogen-bond acceptors (Lipinski definition) is 4. The van der Waals surface area contributed by atoms with E-state index in [-0.39, 0.29) is 0 Å². The number of benzene rings is 3. The highest BCUT2D eigenvalue weighted by molar-refractivity contribution is 5.72. The normalized spacial score (nSPS) is 17.9. The maximum Gasteiger partial charge on any atom is 0.143 e. The van der Waals surface area contributed by atoms with Gasteiger partial charge in [0.15, 0.2) is 0 Å². The highest BCUT2D eigenvalue weighted by Crippen LogP contribution is 2.40. The van der Waals surface area contributed by atoms with Crippen LogP contribution in [0.4, 0.5) is 17.1 Å². The Labute approximate surface area is 192 Å². The van der Waals surface area contributed by atoms with Gasteiger partial charge < -0.3 is 14.5 Å². The van der Waals surface area contributed by atoms with E-state index in [1.54, 1.807) is 0 Å². The summed E-state index contributed by atoms with van der Waals surface area (Å²) < 4.78 is 6.17. The van der Waals surface area contributed by atoms with Gasteiger partial charge in [0.1, 0.15) is 12.4 Å². The van der Waals surface area contributed by atoms with Crippen LogP contribution in [0.2, 0.25) is 0 Å². The van der Waals surface area contributed by atoms with Crippen LogP contribution in [0.3, 0.4) is 0 Å². The number of para-hydroxylation sites is 3. The van der Waals surface area contributed by atoms with Crippen molar-refractivity contribution in [3.63, 3.8) is 0 Å². The molecule has 4 nitrogen and oxygen atoms in total. The second-order valence-electron chi connectivity index (χ2n) is 9.14. The van der Waals surface area contributed by atoms with E-state index < -0.39 is 0 Å². The summed E-state index contributed by atoms with van der Waals surface area (Å²) in [5, 5.41) is 0. The summed E-state index contributed by atoms with van der Waals surface area (Å²) in [5.41, 5.74) is 6.42. The third kappa shape index (κ3) is 4.33. The van der Waals surface area contributed by atoms with E-state index in [1.807, 2.05) is 0 Å². The van der Waals surface area contributed by atoms with Crippen molar-refractivity contribution in [2.24, 2.45) is 0 Å². The molecule has 5 rings (SSSR count). The fourth-order valence-corrected chi connectivity index (χ4v) is 5.05. The van der Waals surface area contributed by atoms with Gasteiger partial charge in [0, 0.05) is 50.2 Å². The van der Waals surface area contributed by atoms with Crippen molar-refractivity contribution < 1.29 is 4.74 Å². The number of rotatable bonds is 6. The molecule has 2 aliphatic rings. The second kappa shape index (κ2) is 9.25. The van der Waals surface area contributed by atoms with Crippen molar-refractivity contribution in [2.45, 2.75) is 31.9 Å². The van der Waals surface area contributed by atoms with Crippen LogP contribution in [0.25, 0.3) is 0 Å². The Morgan fingerprint density at radius 1 is 0.938 bits per heavy atom. The zero-order valence-electron chi connectivity index (χ0n) is 19.2. The molecule has 3 aromatic carbocycles. The van der Waals surface area contributed by atoms with E-state index >= 15 is 0 Å². The van der Waals surface area contributed by atoms with Crippen molar-refractivity contribution in [1.82, 2.24) is 4.90 Å².